The third-order valence-electron chi connectivity index (χ3n) is 3.38. The second kappa shape index (κ2) is 6.50. The number of nitrogens with zero attached hydrogens (tertiary/aromatic N) is 2. The summed E-state index contributed by atoms with van der Waals surface area (Å²) in [5, 5.41) is 2.94. The Hall–Kier alpha value is -1.42. The molecule has 0 radical (unpaired) electrons. The van der Waals surface area contributed by atoms with Crippen molar-refractivity contribution in [3.63, 3.8) is 0 Å². The van der Waals surface area contributed by atoms with Crippen molar-refractivity contribution in [3.05, 3.63) is 30.1 Å². The number of carbonyl (C=O) groups excluding carboxylic acids is 1. The lowest BCUT2D eigenvalue weighted by Gasteiger charge is -2.30. The predicted octanol–water partition coefficient (Wildman–Crippen LogP) is 1.54. The Bertz CT molecular complexity index is 380. The summed E-state index contributed by atoms with van der Waals surface area (Å²) >= 11 is 0. The third kappa shape index (κ3) is 3.81. The first kappa shape index (κ1) is 13.0. The molecule has 2 heterocycles. The predicted molar refractivity (Wildman–Crippen MR) is 71.4 cm³/mol. The van der Waals surface area contributed by atoms with Gasteiger partial charge >= 0.3 is 0 Å². The van der Waals surface area contributed by atoms with Crippen LogP contribution in [-0.2, 0) is 0 Å². The number of piperidine rings is 1. The molecule has 1 aliphatic heterocycles. The molecule has 1 saturated heterocycles. The summed E-state index contributed by atoms with van der Waals surface area (Å²) in [6.07, 6.45) is 5.88. The van der Waals surface area contributed by atoms with Crippen molar-refractivity contribution in [2.75, 3.05) is 26.2 Å². The number of rotatable bonds is 4. The number of pyridine rings is 1. The molecule has 4 nitrogen and oxygen atoms in total. The number of aromatic nitrogens is 1. The molecule has 18 heavy (non-hydrogen) atoms. The standard InChI is InChI=1S/C14H21N3O/c1-12-4-3-8-17(11-12)9-7-16-14(18)13-5-2-6-15-10-13/h2,5-6,10,12H,3-4,7-9,11H2,1H3,(H,16,18)/t12-/m1/s1. The fourth-order valence-corrected chi connectivity index (χ4v) is 2.42. The highest BCUT2D eigenvalue weighted by Gasteiger charge is 2.15. The summed E-state index contributed by atoms with van der Waals surface area (Å²) in [6.45, 7) is 6.26. The maximum atomic E-state index is 11.8. The Kier molecular flexibility index (Phi) is 4.70. The van der Waals surface area contributed by atoms with E-state index in [1.54, 1.807) is 24.5 Å². The molecule has 1 atom stereocenters. The van der Waals surface area contributed by atoms with Gasteiger partial charge in [-0.3, -0.25) is 9.78 Å². The van der Waals surface area contributed by atoms with Gasteiger partial charge in [0.2, 0.25) is 0 Å². The highest BCUT2D eigenvalue weighted by atomic mass is 16.1. The summed E-state index contributed by atoms with van der Waals surface area (Å²) in [5.74, 6) is 0.751. The van der Waals surface area contributed by atoms with Crippen molar-refractivity contribution in [2.45, 2.75) is 19.8 Å². The number of amides is 1. The lowest BCUT2D eigenvalue weighted by molar-refractivity contribution is 0.0943. The Morgan fingerprint density at radius 3 is 3.22 bits per heavy atom. The van der Waals surface area contributed by atoms with Crippen LogP contribution < -0.4 is 5.32 Å². The largest absolute Gasteiger partial charge is 0.351 e. The Morgan fingerprint density at radius 2 is 2.50 bits per heavy atom. The first-order valence-corrected chi connectivity index (χ1v) is 6.66. The van der Waals surface area contributed by atoms with E-state index in [1.807, 2.05) is 0 Å². The van der Waals surface area contributed by atoms with Crippen LogP contribution in [0.3, 0.4) is 0 Å². The zero-order valence-corrected chi connectivity index (χ0v) is 10.9. The molecule has 0 aliphatic carbocycles. The van der Waals surface area contributed by atoms with Crippen molar-refractivity contribution in [3.8, 4) is 0 Å². The fourth-order valence-electron chi connectivity index (χ4n) is 2.42. The Balaban J connectivity index is 1.70. The van der Waals surface area contributed by atoms with Crippen LogP contribution >= 0.6 is 0 Å². The molecule has 0 saturated carbocycles. The molecule has 1 aromatic rings. The maximum Gasteiger partial charge on any atom is 0.252 e. The average Bonchev–Trinajstić information content (AvgIpc) is 2.40. The summed E-state index contributed by atoms with van der Waals surface area (Å²) in [7, 11) is 0. The SMILES string of the molecule is C[C@@H]1CCCN(CCNC(=O)c2cccnc2)C1. The zero-order valence-electron chi connectivity index (χ0n) is 10.9. The molecule has 2 rings (SSSR count). The average molecular weight is 247 g/mol. The van der Waals surface area contributed by atoms with Gasteiger partial charge < -0.3 is 10.2 Å². The topological polar surface area (TPSA) is 45.2 Å². The smallest absolute Gasteiger partial charge is 0.252 e. The number of hydrogen-bond donors (Lipinski definition) is 1. The molecule has 0 spiro atoms. The van der Waals surface area contributed by atoms with E-state index in [0.717, 1.165) is 25.6 Å². The second-order valence-corrected chi connectivity index (χ2v) is 5.05. The van der Waals surface area contributed by atoms with Crippen LogP contribution in [-0.4, -0.2) is 42.0 Å². The highest BCUT2D eigenvalue weighted by Crippen LogP contribution is 2.14. The lowest BCUT2D eigenvalue weighted by atomic mass is 10.0. The molecule has 1 N–H and O–H groups in total. The van der Waals surface area contributed by atoms with Gasteiger partial charge in [0.25, 0.3) is 5.91 Å². The molecular weight excluding hydrogens is 226 g/mol. The van der Waals surface area contributed by atoms with Gasteiger partial charge in [-0.1, -0.05) is 6.92 Å². The quantitative estimate of drug-likeness (QED) is 0.878. The molecule has 0 bridgehead atoms. The molecule has 1 aromatic heterocycles. The van der Waals surface area contributed by atoms with Crippen LogP contribution in [0.5, 0.6) is 0 Å². The summed E-state index contributed by atoms with van der Waals surface area (Å²) in [4.78, 5) is 18.2. The van der Waals surface area contributed by atoms with Gasteiger partial charge in [-0.05, 0) is 37.4 Å². The van der Waals surface area contributed by atoms with E-state index in [0.29, 0.717) is 12.1 Å². The molecule has 1 aliphatic rings. The molecule has 1 amide bonds. The zero-order chi connectivity index (χ0) is 12.8. The van der Waals surface area contributed by atoms with Crippen molar-refractivity contribution < 1.29 is 4.79 Å². The Morgan fingerprint density at radius 1 is 1.61 bits per heavy atom. The first-order valence-electron chi connectivity index (χ1n) is 6.66. The molecule has 4 heteroatoms. The van der Waals surface area contributed by atoms with Crippen LogP contribution in [0.25, 0.3) is 0 Å². The minimum Gasteiger partial charge on any atom is -0.351 e. The molecule has 1 fully saturated rings. The molecule has 98 valence electrons. The van der Waals surface area contributed by atoms with Crippen molar-refractivity contribution in [1.29, 1.82) is 0 Å². The van der Waals surface area contributed by atoms with Crippen LogP contribution in [0.2, 0.25) is 0 Å². The van der Waals surface area contributed by atoms with Gasteiger partial charge in [-0.2, -0.15) is 0 Å². The number of likely N-dealkylation sites (tertiary alicyclic amines) is 1. The second-order valence-electron chi connectivity index (χ2n) is 5.05. The molecule has 0 unspecified atom stereocenters. The molecular formula is C14H21N3O. The highest BCUT2D eigenvalue weighted by molar-refractivity contribution is 5.93. The molecule has 0 aromatic carbocycles. The van der Waals surface area contributed by atoms with Gasteiger partial charge in [0, 0.05) is 32.0 Å². The fraction of sp³-hybridized carbons (Fsp3) is 0.571. The van der Waals surface area contributed by atoms with Crippen molar-refractivity contribution >= 4 is 5.91 Å². The van der Waals surface area contributed by atoms with Crippen LogP contribution in [0.4, 0.5) is 0 Å². The monoisotopic (exact) mass is 247 g/mol. The van der Waals surface area contributed by atoms with E-state index in [-0.39, 0.29) is 5.91 Å². The normalized spacial score (nSPS) is 20.6. The lowest BCUT2D eigenvalue weighted by Crippen LogP contribution is -2.40. The van der Waals surface area contributed by atoms with Crippen molar-refractivity contribution in [2.24, 2.45) is 5.92 Å². The first-order chi connectivity index (χ1) is 8.75. The minimum atomic E-state index is -0.0341. The van der Waals surface area contributed by atoms with Gasteiger partial charge in [0.1, 0.15) is 0 Å². The van der Waals surface area contributed by atoms with E-state index in [2.05, 4.69) is 22.1 Å². The Labute approximate surface area is 108 Å². The minimum absolute atomic E-state index is 0.0341. The van der Waals surface area contributed by atoms with Gasteiger partial charge in [-0.15, -0.1) is 0 Å². The summed E-state index contributed by atoms with van der Waals surface area (Å²) in [5.41, 5.74) is 0.629. The number of carbonyl (C=O) groups is 1. The van der Waals surface area contributed by atoms with Crippen LogP contribution in [0.1, 0.15) is 30.1 Å². The van der Waals surface area contributed by atoms with E-state index < -0.39 is 0 Å². The van der Waals surface area contributed by atoms with Crippen LogP contribution in [0, 0.1) is 5.92 Å². The number of hydrogen-bond acceptors (Lipinski definition) is 3. The van der Waals surface area contributed by atoms with Crippen LogP contribution in [0.15, 0.2) is 24.5 Å². The van der Waals surface area contributed by atoms with Gasteiger partial charge in [0.05, 0.1) is 5.56 Å². The summed E-state index contributed by atoms with van der Waals surface area (Å²) in [6, 6.07) is 3.56. The van der Waals surface area contributed by atoms with E-state index >= 15 is 0 Å². The van der Waals surface area contributed by atoms with E-state index in [4.69, 9.17) is 0 Å². The summed E-state index contributed by atoms with van der Waals surface area (Å²) < 4.78 is 0. The van der Waals surface area contributed by atoms with Gasteiger partial charge in [-0.25, -0.2) is 0 Å². The van der Waals surface area contributed by atoms with Gasteiger partial charge in [0.15, 0.2) is 0 Å². The van der Waals surface area contributed by atoms with E-state index in [9.17, 15) is 4.79 Å². The third-order valence-corrected chi connectivity index (χ3v) is 3.38. The number of nitrogens with one attached hydrogen (secondary N) is 1. The van der Waals surface area contributed by atoms with E-state index in [1.165, 1.54) is 12.8 Å². The van der Waals surface area contributed by atoms with Crippen molar-refractivity contribution in [1.82, 2.24) is 15.2 Å². The maximum absolute atomic E-state index is 11.8.